The molecule has 1 fully saturated rings. The molecule has 3 rings (SSSR count). The van der Waals surface area contributed by atoms with Gasteiger partial charge in [-0.25, -0.2) is 4.68 Å². The highest BCUT2D eigenvalue weighted by molar-refractivity contribution is 5.67. The Labute approximate surface area is 123 Å². The topological polar surface area (TPSA) is 88.1 Å². The van der Waals surface area contributed by atoms with Crippen LogP contribution in [0.3, 0.4) is 0 Å². The molecule has 1 saturated heterocycles. The monoisotopic (exact) mass is 289 g/mol. The Morgan fingerprint density at radius 3 is 3.05 bits per heavy atom. The SMILES string of the molecule is COC1(Cn2nnnc2-c2cccc(N)c2C)CCOC1. The first-order valence-corrected chi connectivity index (χ1v) is 6.90. The molecule has 2 heterocycles. The average Bonchev–Trinajstić information content (AvgIpc) is 3.13. The fourth-order valence-corrected chi connectivity index (χ4v) is 2.61. The van der Waals surface area contributed by atoms with Gasteiger partial charge in [0.15, 0.2) is 5.82 Å². The van der Waals surface area contributed by atoms with Gasteiger partial charge in [0.2, 0.25) is 0 Å². The molecule has 0 bridgehead atoms. The third-order valence-corrected chi connectivity index (χ3v) is 4.09. The van der Waals surface area contributed by atoms with Gasteiger partial charge in [-0.1, -0.05) is 12.1 Å². The molecular weight excluding hydrogens is 270 g/mol. The highest BCUT2D eigenvalue weighted by Crippen LogP contribution is 2.28. The zero-order chi connectivity index (χ0) is 14.9. The van der Waals surface area contributed by atoms with Crippen molar-refractivity contribution in [1.29, 1.82) is 0 Å². The molecule has 1 unspecified atom stereocenters. The zero-order valence-corrected chi connectivity index (χ0v) is 12.2. The van der Waals surface area contributed by atoms with Crippen LogP contribution >= 0.6 is 0 Å². The summed E-state index contributed by atoms with van der Waals surface area (Å²) in [5, 5.41) is 12.0. The molecule has 0 aliphatic carbocycles. The minimum absolute atomic E-state index is 0.363. The first-order valence-electron chi connectivity index (χ1n) is 6.90. The van der Waals surface area contributed by atoms with Crippen molar-refractivity contribution in [1.82, 2.24) is 20.2 Å². The van der Waals surface area contributed by atoms with Crippen molar-refractivity contribution < 1.29 is 9.47 Å². The van der Waals surface area contributed by atoms with Crippen molar-refractivity contribution in [2.75, 3.05) is 26.1 Å². The largest absolute Gasteiger partial charge is 0.398 e. The van der Waals surface area contributed by atoms with Gasteiger partial charge in [0.25, 0.3) is 0 Å². The van der Waals surface area contributed by atoms with E-state index in [4.69, 9.17) is 15.2 Å². The molecule has 7 heteroatoms. The van der Waals surface area contributed by atoms with Crippen LogP contribution in [0.25, 0.3) is 11.4 Å². The van der Waals surface area contributed by atoms with Gasteiger partial charge in [0.05, 0.1) is 13.2 Å². The number of hydrogen-bond donors (Lipinski definition) is 1. The van der Waals surface area contributed by atoms with Gasteiger partial charge in [0.1, 0.15) is 5.60 Å². The van der Waals surface area contributed by atoms with Gasteiger partial charge >= 0.3 is 0 Å². The summed E-state index contributed by atoms with van der Waals surface area (Å²) in [6.45, 7) is 3.77. The second-order valence-corrected chi connectivity index (χ2v) is 5.37. The van der Waals surface area contributed by atoms with E-state index in [9.17, 15) is 0 Å². The molecule has 7 nitrogen and oxygen atoms in total. The molecular formula is C14H19N5O2. The summed E-state index contributed by atoms with van der Waals surface area (Å²) >= 11 is 0. The van der Waals surface area contributed by atoms with Gasteiger partial charge in [-0.15, -0.1) is 5.10 Å². The average molecular weight is 289 g/mol. The smallest absolute Gasteiger partial charge is 0.182 e. The summed E-state index contributed by atoms with van der Waals surface area (Å²) in [5.41, 5.74) is 8.25. The highest BCUT2D eigenvalue weighted by atomic mass is 16.5. The first-order chi connectivity index (χ1) is 10.2. The Morgan fingerprint density at radius 1 is 1.48 bits per heavy atom. The van der Waals surface area contributed by atoms with Crippen LogP contribution in [0.5, 0.6) is 0 Å². The van der Waals surface area contributed by atoms with E-state index >= 15 is 0 Å². The molecule has 2 N–H and O–H groups in total. The summed E-state index contributed by atoms with van der Waals surface area (Å²) in [5.74, 6) is 0.697. The number of anilines is 1. The quantitative estimate of drug-likeness (QED) is 0.846. The maximum atomic E-state index is 5.97. The lowest BCUT2D eigenvalue weighted by Gasteiger charge is -2.25. The van der Waals surface area contributed by atoms with Crippen LogP contribution in [0, 0.1) is 6.92 Å². The molecule has 1 aromatic carbocycles. The third kappa shape index (κ3) is 2.50. The van der Waals surface area contributed by atoms with E-state index in [1.807, 2.05) is 25.1 Å². The van der Waals surface area contributed by atoms with E-state index in [1.165, 1.54) is 0 Å². The number of nitrogens with zero attached hydrogens (tertiary/aromatic N) is 4. The number of tetrazole rings is 1. The van der Waals surface area contributed by atoms with Crippen LogP contribution in [0.15, 0.2) is 18.2 Å². The second kappa shape index (κ2) is 5.42. The Bertz CT molecular complexity index is 634. The van der Waals surface area contributed by atoms with Crippen molar-refractivity contribution in [3.05, 3.63) is 23.8 Å². The molecule has 0 saturated carbocycles. The van der Waals surface area contributed by atoms with Crippen LogP contribution < -0.4 is 5.73 Å². The van der Waals surface area contributed by atoms with Crippen LogP contribution in [0.4, 0.5) is 5.69 Å². The van der Waals surface area contributed by atoms with E-state index < -0.39 is 0 Å². The van der Waals surface area contributed by atoms with Crippen molar-refractivity contribution in [3.63, 3.8) is 0 Å². The Kier molecular flexibility index (Phi) is 3.60. The molecule has 2 aromatic rings. The number of methoxy groups -OCH3 is 1. The lowest BCUT2D eigenvalue weighted by atomic mass is 10.0. The summed E-state index contributed by atoms with van der Waals surface area (Å²) in [6, 6.07) is 5.74. The fourth-order valence-electron chi connectivity index (χ4n) is 2.61. The van der Waals surface area contributed by atoms with Gasteiger partial charge in [-0.3, -0.25) is 0 Å². The number of aromatic nitrogens is 4. The predicted octanol–water partition coefficient (Wildman–Crippen LogP) is 1.04. The zero-order valence-electron chi connectivity index (χ0n) is 12.2. The van der Waals surface area contributed by atoms with Crippen LogP contribution in [0.1, 0.15) is 12.0 Å². The maximum absolute atomic E-state index is 5.97. The normalized spacial score (nSPS) is 21.8. The number of nitrogen functional groups attached to an aromatic ring is 1. The standard InChI is InChI=1S/C14H19N5O2/c1-10-11(4-3-5-12(10)15)13-16-17-18-19(13)8-14(20-2)6-7-21-9-14/h3-5H,6-9,15H2,1-2H3. The van der Waals surface area contributed by atoms with Crippen LogP contribution in [-0.2, 0) is 16.0 Å². The van der Waals surface area contributed by atoms with E-state index in [2.05, 4.69) is 15.5 Å². The second-order valence-electron chi connectivity index (χ2n) is 5.37. The Balaban J connectivity index is 1.96. The molecule has 21 heavy (non-hydrogen) atoms. The lowest BCUT2D eigenvalue weighted by Crippen LogP contribution is -2.37. The molecule has 1 atom stereocenters. The summed E-state index contributed by atoms with van der Waals surface area (Å²) < 4.78 is 12.9. The number of nitrogens with two attached hydrogens (primary N) is 1. The minimum Gasteiger partial charge on any atom is -0.398 e. The van der Waals surface area contributed by atoms with Crippen LogP contribution in [-0.4, -0.2) is 46.1 Å². The lowest BCUT2D eigenvalue weighted by molar-refractivity contribution is -0.0317. The molecule has 0 spiro atoms. The molecule has 1 aliphatic rings. The number of ether oxygens (including phenoxy) is 2. The molecule has 112 valence electrons. The predicted molar refractivity (Wildman–Crippen MR) is 77.6 cm³/mol. The Hall–Kier alpha value is -1.99. The van der Waals surface area contributed by atoms with Gasteiger partial charge < -0.3 is 15.2 Å². The first kappa shape index (κ1) is 14.0. The molecule has 1 aliphatic heterocycles. The number of rotatable bonds is 4. The van der Waals surface area contributed by atoms with E-state index in [0.717, 1.165) is 23.2 Å². The van der Waals surface area contributed by atoms with E-state index in [-0.39, 0.29) is 5.60 Å². The summed E-state index contributed by atoms with van der Waals surface area (Å²) in [7, 11) is 1.70. The fraction of sp³-hybridized carbons (Fsp3) is 0.500. The van der Waals surface area contributed by atoms with E-state index in [1.54, 1.807) is 11.8 Å². The number of hydrogen-bond acceptors (Lipinski definition) is 6. The van der Waals surface area contributed by atoms with E-state index in [0.29, 0.717) is 25.6 Å². The van der Waals surface area contributed by atoms with Crippen LogP contribution in [0.2, 0.25) is 0 Å². The highest BCUT2D eigenvalue weighted by Gasteiger charge is 2.36. The summed E-state index contributed by atoms with van der Waals surface area (Å²) in [6.07, 6.45) is 0.832. The Morgan fingerprint density at radius 2 is 2.33 bits per heavy atom. The van der Waals surface area contributed by atoms with Crippen molar-refractivity contribution in [2.24, 2.45) is 0 Å². The molecule has 1 aromatic heterocycles. The van der Waals surface area contributed by atoms with Gasteiger partial charge in [-0.2, -0.15) is 0 Å². The van der Waals surface area contributed by atoms with Crippen molar-refractivity contribution >= 4 is 5.69 Å². The third-order valence-electron chi connectivity index (χ3n) is 4.09. The minimum atomic E-state index is -0.363. The van der Waals surface area contributed by atoms with Crippen molar-refractivity contribution in [3.8, 4) is 11.4 Å². The molecule has 0 radical (unpaired) electrons. The number of benzene rings is 1. The molecule has 0 amide bonds. The summed E-state index contributed by atoms with van der Waals surface area (Å²) in [4.78, 5) is 0. The van der Waals surface area contributed by atoms with Crippen molar-refractivity contribution in [2.45, 2.75) is 25.5 Å². The maximum Gasteiger partial charge on any atom is 0.182 e. The van der Waals surface area contributed by atoms with Gasteiger partial charge in [0, 0.05) is 31.4 Å². The van der Waals surface area contributed by atoms with Gasteiger partial charge in [-0.05, 0) is 29.0 Å².